The van der Waals surface area contributed by atoms with Crippen molar-refractivity contribution in [2.45, 2.75) is 19.8 Å². The summed E-state index contributed by atoms with van der Waals surface area (Å²) in [7, 11) is 1.53. The molecule has 0 spiro atoms. The first-order chi connectivity index (χ1) is 11.2. The molecular formula is C17H20ClNO3S. The van der Waals surface area contributed by atoms with E-state index in [1.54, 1.807) is 23.5 Å². The highest BCUT2D eigenvalue weighted by Gasteiger charge is 2.15. The van der Waals surface area contributed by atoms with Crippen molar-refractivity contribution >= 4 is 28.8 Å². The van der Waals surface area contributed by atoms with Gasteiger partial charge in [-0.3, -0.25) is 4.79 Å². The minimum atomic E-state index is -0.178. The summed E-state index contributed by atoms with van der Waals surface area (Å²) in [5.41, 5.74) is 1.68. The van der Waals surface area contributed by atoms with Gasteiger partial charge in [0, 0.05) is 12.1 Å². The molecule has 124 valence electrons. The van der Waals surface area contributed by atoms with Crippen LogP contribution in [0.15, 0.2) is 29.0 Å². The maximum atomic E-state index is 12.3. The van der Waals surface area contributed by atoms with Crippen LogP contribution in [0.4, 0.5) is 0 Å². The second kappa shape index (κ2) is 8.79. The lowest BCUT2D eigenvalue weighted by Gasteiger charge is -2.13. The van der Waals surface area contributed by atoms with E-state index in [9.17, 15) is 4.79 Å². The molecule has 6 heteroatoms. The number of nitrogens with one attached hydrogen (secondary N) is 1. The lowest BCUT2D eigenvalue weighted by atomic mass is 10.1. The lowest BCUT2D eigenvalue weighted by Crippen LogP contribution is -2.25. The van der Waals surface area contributed by atoms with Gasteiger partial charge < -0.3 is 14.8 Å². The minimum absolute atomic E-state index is 0.178. The molecule has 0 fully saturated rings. The molecule has 0 atom stereocenters. The predicted molar refractivity (Wildman–Crippen MR) is 94.1 cm³/mol. The topological polar surface area (TPSA) is 47.6 Å². The van der Waals surface area contributed by atoms with Crippen LogP contribution in [0, 0.1) is 0 Å². The van der Waals surface area contributed by atoms with Crippen molar-refractivity contribution < 1.29 is 14.3 Å². The first-order valence-electron chi connectivity index (χ1n) is 7.45. The average molecular weight is 354 g/mol. The Labute approximate surface area is 145 Å². The largest absolute Gasteiger partial charge is 0.493 e. The number of amides is 1. The zero-order valence-electron chi connectivity index (χ0n) is 13.2. The van der Waals surface area contributed by atoms with Gasteiger partial charge in [0.25, 0.3) is 5.91 Å². The lowest BCUT2D eigenvalue weighted by molar-refractivity contribution is 0.0953. The number of benzene rings is 1. The molecule has 0 saturated carbocycles. The average Bonchev–Trinajstić information content (AvgIpc) is 3.06. The molecule has 0 saturated heterocycles. The van der Waals surface area contributed by atoms with E-state index in [0.717, 1.165) is 12.8 Å². The summed E-state index contributed by atoms with van der Waals surface area (Å²) >= 11 is 7.87. The molecule has 0 bridgehead atoms. The van der Waals surface area contributed by atoms with Crippen LogP contribution < -0.4 is 14.8 Å². The fraction of sp³-hybridized carbons (Fsp3) is 0.353. The quantitative estimate of drug-likeness (QED) is 0.774. The van der Waals surface area contributed by atoms with Crippen molar-refractivity contribution in [1.29, 1.82) is 0 Å². The van der Waals surface area contributed by atoms with Crippen LogP contribution in [0.1, 0.15) is 29.3 Å². The number of methoxy groups -OCH3 is 1. The van der Waals surface area contributed by atoms with Crippen LogP contribution in [0.5, 0.6) is 11.5 Å². The molecule has 1 aromatic carbocycles. The maximum Gasteiger partial charge on any atom is 0.251 e. The second-order valence-electron chi connectivity index (χ2n) is 4.98. The third kappa shape index (κ3) is 4.88. The Morgan fingerprint density at radius 1 is 1.39 bits per heavy atom. The van der Waals surface area contributed by atoms with Crippen molar-refractivity contribution in [3.63, 3.8) is 0 Å². The Balaban J connectivity index is 2.03. The summed E-state index contributed by atoms with van der Waals surface area (Å²) in [6.45, 7) is 3.13. The number of rotatable bonds is 8. The maximum absolute atomic E-state index is 12.3. The van der Waals surface area contributed by atoms with Crippen molar-refractivity contribution in [3.8, 4) is 11.5 Å². The number of halogens is 1. The molecule has 0 aliphatic heterocycles. The van der Waals surface area contributed by atoms with Crippen molar-refractivity contribution in [1.82, 2.24) is 5.32 Å². The molecule has 2 aromatic rings. The van der Waals surface area contributed by atoms with E-state index in [-0.39, 0.29) is 5.91 Å². The first kappa shape index (κ1) is 17.6. The number of thiophene rings is 1. The van der Waals surface area contributed by atoms with E-state index < -0.39 is 0 Å². The van der Waals surface area contributed by atoms with E-state index in [1.807, 2.05) is 12.3 Å². The standard InChI is InChI=1S/C17H20ClNO3S/c1-3-7-22-16-14(18)9-13(10-15(16)21-2)17(20)19-6-4-12-5-8-23-11-12/h5,8-11H,3-4,6-7H2,1-2H3,(H,19,20). The summed E-state index contributed by atoms with van der Waals surface area (Å²) in [6.07, 6.45) is 1.67. The van der Waals surface area contributed by atoms with E-state index in [4.69, 9.17) is 21.1 Å². The normalized spacial score (nSPS) is 10.4. The van der Waals surface area contributed by atoms with Gasteiger partial charge in [-0.2, -0.15) is 11.3 Å². The van der Waals surface area contributed by atoms with Crippen molar-refractivity contribution in [3.05, 3.63) is 45.1 Å². The van der Waals surface area contributed by atoms with Crippen molar-refractivity contribution in [2.24, 2.45) is 0 Å². The SMILES string of the molecule is CCCOc1c(Cl)cc(C(=O)NCCc2ccsc2)cc1OC. The van der Waals surface area contributed by atoms with E-state index in [1.165, 1.54) is 12.7 Å². The van der Waals surface area contributed by atoms with Crippen LogP contribution in [0.3, 0.4) is 0 Å². The smallest absolute Gasteiger partial charge is 0.251 e. The number of ether oxygens (including phenoxy) is 2. The molecule has 0 aliphatic carbocycles. The van der Waals surface area contributed by atoms with Crippen LogP contribution in [0.25, 0.3) is 0 Å². The number of hydrogen-bond donors (Lipinski definition) is 1. The van der Waals surface area contributed by atoms with Crippen LogP contribution >= 0.6 is 22.9 Å². The summed E-state index contributed by atoms with van der Waals surface area (Å²) in [6, 6.07) is 5.31. The molecule has 23 heavy (non-hydrogen) atoms. The second-order valence-corrected chi connectivity index (χ2v) is 6.16. The third-order valence-electron chi connectivity index (χ3n) is 3.22. The first-order valence-corrected chi connectivity index (χ1v) is 8.77. The summed E-state index contributed by atoms with van der Waals surface area (Å²) in [4.78, 5) is 12.3. The van der Waals surface area contributed by atoms with Gasteiger partial charge in [-0.05, 0) is 47.4 Å². The van der Waals surface area contributed by atoms with Gasteiger partial charge in [0.1, 0.15) is 0 Å². The highest BCUT2D eigenvalue weighted by molar-refractivity contribution is 7.07. The van der Waals surface area contributed by atoms with Gasteiger partial charge in [-0.1, -0.05) is 18.5 Å². The van der Waals surface area contributed by atoms with Crippen molar-refractivity contribution in [2.75, 3.05) is 20.3 Å². The third-order valence-corrected chi connectivity index (χ3v) is 4.23. The summed E-state index contributed by atoms with van der Waals surface area (Å²) < 4.78 is 10.9. The molecule has 0 unspecified atom stereocenters. The van der Waals surface area contributed by atoms with Gasteiger partial charge in [0.2, 0.25) is 0 Å². The summed E-state index contributed by atoms with van der Waals surface area (Å²) in [5, 5.41) is 7.36. The molecule has 4 nitrogen and oxygen atoms in total. The number of carbonyl (C=O) groups is 1. The Hall–Kier alpha value is -1.72. The zero-order valence-corrected chi connectivity index (χ0v) is 14.8. The number of carbonyl (C=O) groups excluding carboxylic acids is 1. The fourth-order valence-electron chi connectivity index (χ4n) is 2.05. The van der Waals surface area contributed by atoms with Gasteiger partial charge in [-0.15, -0.1) is 0 Å². The van der Waals surface area contributed by atoms with Crippen LogP contribution in [-0.4, -0.2) is 26.2 Å². The van der Waals surface area contributed by atoms with Gasteiger partial charge in [0.15, 0.2) is 11.5 Å². The molecule has 1 aromatic heterocycles. The minimum Gasteiger partial charge on any atom is -0.493 e. The Bertz CT molecular complexity index is 644. The Kier molecular flexibility index (Phi) is 6.74. The van der Waals surface area contributed by atoms with E-state index >= 15 is 0 Å². The molecule has 2 rings (SSSR count). The van der Waals surface area contributed by atoms with Gasteiger partial charge in [0.05, 0.1) is 18.7 Å². The summed E-state index contributed by atoms with van der Waals surface area (Å²) in [5.74, 6) is 0.766. The Morgan fingerprint density at radius 3 is 2.87 bits per heavy atom. The number of hydrogen-bond acceptors (Lipinski definition) is 4. The van der Waals surface area contributed by atoms with Gasteiger partial charge >= 0.3 is 0 Å². The zero-order chi connectivity index (χ0) is 16.7. The van der Waals surface area contributed by atoms with Gasteiger partial charge in [-0.25, -0.2) is 0 Å². The molecule has 0 radical (unpaired) electrons. The highest BCUT2D eigenvalue weighted by Crippen LogP contribution is 2.36. The van der Waals surface area contributed by atoms with Crippen LogP contribution in [0.2, 0.25) is 5.02 Å². The molecule has 1 amide bonds. The highest BCUT2D eigenvalue weighted by atomic mass is 35.5. The van der Waals surface area contributed by atoms with Crippen LogP contribution in [-0.2, 0) is 6.42 Å². The Morgan fingerprint density at radius 2 is 2.22 bits per heavy atom. The molecule has 1 heterocycles. The molecular weight excluding hydrogens is 334 g/mol. The molecule has 0 aliphatic rings. The van der Waals surface area contributed by atoms with E-state index in [2.05, 4.69) is 16.8 Å². The molecule has 1 N–H and O–H groups in total. The monoisotopic (exact) mass is 353 g/mol. The predicted octanol–water partition coefficient (Wildman–Crippen LogP) is 4.17. The fourth-order valence-corrected chi connectivity index (χ4v) is 3.02. The van der Waals surface area contributed by atoms with E-state index in [0.29, 0.717) is 35.2 Å².